The summed E-state index contributed by atoms with van der Waals surface area (Å²) in [7, 11) is 0. The van der Waals surface area contributed by atoms with Crippen molar-refractivity contribution in [3.8, 4) is 0 Å². The lowest BCUT2D eigenvalue weighted by Crippen LogP contribution is -1.91. The quantitative estimate of drug-likeness (QED) is 0.692. The van der Waals surface area contributed by atoms with Crippen LogP contribution in [0.4, 0.5) is 4.39 Å². The molecule has 60 valence electrons. The van der Waals surface area contributed by atoms with Crippen molar-refractivity contribution in [2.75, 3.05) is 0 Å². The predicted octanol–water partition coefficient (Wildman–Crippen LogP) is 2.21. The molecule has 0 spiro atoms. The zero-order chi connectivity index (χ0) is 8.27. The molecule has 1 nitrogen and oxygen atoms in total. The molecule has 2 heteroatoms. The van der Waals surface area contributed by atoms with Crippen LogP contribution in [-0.4, -0.2) is 5.11 Å². The van der Waals surface area contributed by atoms with E-state index in [1.807, 2.05) is 0 Å². The SMILES string of the molecule is CC(O)c1cccc(CF)c1. The number of benzene rings is 1. The molecule has 1 aromatic rings. The Bertz CT molecular complexity index is 233. The van der Waals surface area contributed by atoms with Crippen molar-refractivity contribution in [3.63, 3.8) is 0 Å². The summed E-state index contributed by atoms with van der Waals surface area (Å²) in [5.74, 6) is 0. The number of aliphatic hydroxyl groups is 1. The molecular weight excluding hydrogens is 143 g/mol. The second kappa shape index (κ2) is 3.49. The Labute approximate surface area is 65.5 Å². The van der Waals surface area contributed by atoms with Gasteiger partial charge in [-0.2, -0.15) is 0 Å². The van der Waals surface area contributed by atoms with Crippen molar-refractivity contribution in [2.24, 2.45) is 0 Å². The minimum atomic E-state index is -0.513. The Morgan fingerprint density at radius 3 is 2.82 bits per heavy atom. The normalized spacial score (nSPS) is 13.0. The fraction of sp³-hybridized carbons (Fsp3) is 0.333. The Morgan fingerprint density at radius 1 is 1.55 bits per heavy atom. The molecule has 0 saturated heterocycles. The van der Waals surface area contributed by atoms with Gasteiger partial charge in [0.2, 0.25) is 0 Å². The molecule has 0 aromatic heterocycles. The topological polar surface area (TPSA) is 20.2 Å². The van der Waals surface area contributed by atoms with E-state index in [1.165, 1.54) is 0 Å². The van der Waals surface area contributed by atoms with Crippen LogP contribution in [-0.2, 0) is 6.67 Å². The maximum atomic E-state index is 12.1. The molecular formula is C9H11FO. The minimum Gasteiger partial charge on any atom is -0.389 e. The summed E-state index contributed by atoms with van der Waals surface area (Å²) < 4.78 is 12.1. The van der Waals surface area contributed by atoms with E-state index in [0.717, 1.165) is 5.56 Å². The molecule has 0 aliphatic rings. The summed E-state index contributed by atoms with van der Waals surface area (Å²) in [6.45, 7) is 1.19. The smallest absolute Gasteiger partial charge is 0.115 e. The molecule has 0 heterocycles. The van der Waals surface area contributed by atoms with Crippen LogP contribution in [0.3, 0.4) is 0 Å². The van der Waals surface area contributed by atoms with Gasteiger partial charge in [-0.15, -0.1) is 0 Å². The fourth-order valence-corrected chi connectivity index (χ4v) is 0.936. The van der Waals surface area contributed by atoms with Crippen LogP contribution in [0.5, 0.6) is 0 Å². The maximum Gasteiger partial charge on any atom is 0.115 e. The van der Waals surface area contributed by atoms with Gasteiger partial charge in [-0.25, -0.2) is 4.39 Å². The summed E-state index contributed by atoms with van der Waals surface area (Å²) in [5, 5.41) is 9.12. The number of hydrogen-bond acceptors (Lipinski definition) is 1. The van der Waals surface area contributed by atoms with Gasteiger partial charge in [0.25, 0.3) is 0 Å². The number of halogens is 1. The third-order valence-corrected chi connectivity index (χ3v) is 1.59. The van der Waals surface area contributed by atoms with Crippen LogP contribution in [0.1, 0.15) is 24.2 Å². The van der Waals surface area contributed by atoms with Crippen molar-refractivity contribution in [3.05, 3.63) is 35.4 Å². The number of aliphatic hydroxyl groups excluding tert-OH is 1. The van der Waals surface area contributed by atoms with Crippen molar-refractivity contribution < 1.29 is 9.50 Å². The predicted molar refractivity (Wildman–Crippen MR) is 41.9 cm³/mol. The first-order chi connectivity index (χ1) is 5.24. The van der Waals surface area contributed by atoms with Crippen LogP contribution in [0.15, 0.2) is 24.3 Å². The van der Waals surface area contributed by atoms with Gasteiger partial charge >= 0.3 is 0 Å². The van der Waals surface area contributed by atoms with Crippen LogP contribution in [0.2, 0.25) is 0 Å². The molecule has 11 heavy (non-hydrogen) atoms. The number of hydrogen-bond donors (Lipinski definition) is 1. The van der Waals surface area contributed by atoms with E-state index in [1.54, 1.807) is 31.2 Å². The van der Waals surface area contributed by atoms with E-state index in [4.69, 9.17) is 5.11 Å². The fourth-order valence-electron chi connectivity index (χ4n) is 0.936. The first-order valence-electron chi connectivity index (χ1n) is 3.57. The lowest BCUT2D eigenvalue weighted by molar-refractivity contribution is 0.199. The summed E-state index contributed by atoms with van der Waals surface area (Å²) in [4.78, 5) is 0. The van der Waals surface area contributed by atoms with E-state index in [9.17, 15) is 4.39 Å². The summed E-state index contributed by atoms with van der Waals surface area (Å²) >= 11 is 0. The average molecular weight is 154 g/mol. The molecule has 0 aliphatic heterocycles. The standard InChI is InChI=1S/C9H11FO/c1-7(11)9-4-2-3-8(5-9)6-10/h2-5,7,11H,6H2,1H3. The van der Waals surface area contributed by atoms with Crippen LogP contribution in [0, 0.1) is 0 Å². The first kappa shape index (κ1) is 8.21. The third-order valence-electron chi connectivity index (χ3n) is 1.59. The van der Waals surface area contributed by atoms with Gasteiger partial charge in [0.05, 0.1) is 6.10 Å². The average Bonchev–Trinajstić information content (AvgIpc) is 2.05. The van der Waals surface area contributed by atoms with Gasteiger partial charge in [-0.1, -0.05) is 24.3 Å². The molecule has 1 aromatic carbocycles. The molecule has 0 amide bonds. The highest BCUT2D eigenvalue weighted by Crippen LogP contribution is 2.13. The number of rotatable bonds is 2. The van der Waals surface area contributed by atoms with Crippen molar-refractivity contribution in [1.29, 1.82) is 0 Å². The summed E-state index contributed by atoms with van der Waals surface area (Å²) in [6, 6.07) is 6.90. The Balaban J connectivity index is 2.91. The largest absolute Gasteiger partial charge is 0.389 e. The lowest BCUT2D eigenvalue weighted by atomic mass is 10.1. The van der Waals surface area contributed by atoms with E-state index in [0.29, 0.717) is 5.56 Å². The van der Waals surface area contributed by atoms with E-state index in [2.05, 4.69) is 0 Å². The molecule has 1 rings (SSSR count). The maximum absolute atomic E-state index is 12.1. The van der Waals surface area contributed by atoms with Gasteiger partial charge in [0, 0.05) is 0 Å². The van der Waals surface area contributed by atoms with Crippen LogP contribution in [0.25, 0.3) is 0 Å². The Hall–Kier alpha value is -0.890. The van der Waals surface area contributed by atoms with Crippen molar-refractivity contribution in [2.45, 2.75) is 19.7 Å². The highest BCUT2D eigenvalue weighted by atomic mass is 19.1. The molecule has 0 aliphatic carbocycles. The molecule has 0 radical (unpaired) electrons. The lowest BCUT2D eigenvalue weighted by Gasteiger charge is -2.04. The zero-order valence-corrected chi connectivity index (χ0v) is 6.42. The monoisotopic (exact) mass is 154 g/mol. The van der Waals surface area contributed by atoms with Crippen molar-refractivity contribution in [1.82, 2.24) is 0 Å². The van der Waals surface area contributed by atoms with E-state index in [-0.39, 0.29) is 0 Å². The minimum absolute atomic E-state index is 0.472. The first-order valence-corrected chi connectivity index (χ1v) is 3.57. The Kier molecular flexibility index (Phi) is 2.60. The van der Waals surface area contributed by atoms with Crippen LogP contribution < -0.4 is 0 Å². The molecule has 1 N–H and O–H groups in total. The molecule has 0 saturated carbocycles. The second-order valence-electron chi connectivity index (χ2n) is 2.55. The highest BCUT2D eigenvalue weighted by molar-refractivity contribution is 5.24. The molecule has 0 bridgehead atoms. The van der Waals surface area contributed by atoms with Gasteiger partial charge in [0.15, 0.2) is 0 Å². The Morgan fingerprint density at radius 2 is 2.27 bits per heavy atom. The third kappa shape index (κ3) is 2.02. The van der Waals surface area contributed by atoms with Gasteiger partial charge in [-0.05, 0) is 18.1 Å². The molecule has 1 unspecified atom stereocenters. The van der Waals surface area contributed by atoms with Crippen molar-refractivity contribution >= 4 is 0 Å². The van der Waals surface area contributed by atoms with E-state index < -0.39 is 12.8 Å². The second-order valence-corrected chi connectivity index (χ2v) is 2.55. The molecule has 0 fully saturated rings. The van der Waals surface area contributed by atoms with Gasteiger partial charge < -0.3 is 5.11 Å². The zero-order valence-electron chi connectivity index (χ0n) is 6.42. The van der Waals surface area contributed by atoms with Gasteiger partial charge in [0.1, 0.15) is 6.67 Å². The molecule has 1 atom stereocenters. The summed E-state index contributed by atoms with van der Waals surface area (Å²) in [5.41, 5.74) is 1.38. The highest BCUT2D eigenvalue weighted by Gasteiger charge is 2.00. The van der Waals surface area contributed by atoms with E-state index >= 15 is 0 Å². The van der Waals surface area contributed by atoms with Crippen LogP contribution >= 0.6 is 0 Å². The number of alkyl halides is 1. The van der Waals surface area contributed by atoms with Gasteiger partial charge in [-0.3, -0.25) is 0 Å². The summed E-state index contributed by atoms with van der Waals surface area (Å²) in [6.07, 6.45) is -0.513.